The molecule has 0 radical (unpaired) electrons. The molecule has 1 N–H and O–H groups in total. The van der Waals surface area contributed by atoms with Crippen LogP contribution in [0.1, 0.15) is 5.56 Å². The summed E-state index contributed by atoms with van der Waals surface area (Å²) in [6.07, 6.45) is 0. The summed E-state index contributed by atoms with van der Waals surface area (Å²) in [5.74, 6) is 0.381. The predicted octanol–water partition coefficient (Wildman–Crippen LogP) is 1.58. The van der Waals surface area contributed by atoms with Crippen LogP contribution in [0.4, 0.5) is 0 Å². The van der Waals surface area contributed by atoms with Crippen molar-refractivity contribution in [1.29, 1.82) is 0 Å². The average Bonchev–Trinajstić information content (AvgIpc) is 2.76. The maximum absolute atomic E-state index is 10.9. The van der Waals surface area contributed by atoms with Crippen LogP contribution in [0.2, 0.25) is 0 Å². The number of benzene rings is 1. The highest BCUT2D eigenvalue weighted by Crippen LogP contribution is 2.21. The molecule has 1 aliphatic heterocycles. The Labute approximate surface area is 98.2 Å². The van der Waals surface area contributed by atoms with Crippen molar-refractivity contribution in [2.45, 2.75) is 12.6 Å². The maximum atomic E-state index is 10.9. The zero-order valence-electron chi connectivity index (χ0n) is 8.70. The van der Waals surface area contributed by atoms with Crippen molar-refractivity contribution < 1.29 is 14.7 Å². The summed E-state index contributed by atoms with van der Waals surface area (Å²) in [6, 6.07) is 9.21. The molecule has 1 aliphatic rings. The molecule has 4 nitrogen and oxygen atoms in total. The summed E-state index contributed by atoms with van der Waals surface area (Å²) in [5, 5.41) is 10.5. The molecule has 16 heavy (non-hydrogen) atoms. The lowest BCUT2D eigenvalue weighted by atomic mass is 10.2. The van der Waals surface area contributed by atoms with Gasteiger partial charge in [-0.2, -0.15) is 5.06 Å². The molecule has 0 amide bonds. The summed E-state index contributed by atoms with van der Waals surface area (Å²) in [6.45, 7) is 0.422. The molecular formula is C11H13NO3S. The van der Waals surface area contributed by atoms with E-state index in [0.29, 0.717) is 18.2 Å². The monoisotopic (exact) mass is 239 g/mol. The van der Waals surface area contributed by atoms with Crippen molar-refractivity contribution in [3.63, 3.8) is 0 Å². The molecule has 5 heteroatoms. The highest BCUT2D eigenvalue weighted by atomic mass is 32.2. The second kappa shape index (κ2) is 5.34. The molecule has 1 aromatic carbocycles. The zero-order valence-corrected chi connectivity index (χ0v) is 9.52. The molecule has 0 bridgehead atoms. The van der Waals surface area contributed by atoms with Crippen molar-refractivity contribution in [3.8, 4) is 0 Å². The molecule has 1 heterocycles. The van der Waals surface area contributed by atoms with Crippen LogP contribution < -0.4 is 0 Å². The van der Waals surface area contributed by atoms with Crippen LogP contribution in [-0.2, 0) is 16.2 Å². The first-order chi connectivity index (χ1) is 7.77. The van der Waals surface area contributed by atoms with E-state index in [1.807, 2.05) is 30.3 Å². The Balaban J connectivity index is 1.88. The van der Waals surface area contributed by atoms with E-state index in [-0.39, 0.29) is 0 Å². The lowest BCUT2D eigenvalue weighted by molar-refractivity contribution is -0.189. The van der Waals surface area contributed by atoms with Gasteiger partial charge in [-0.05, 0) is 5.56 Å². The Hall–Kier alpha value is -1.04. The number of carboxylic acid groups (broad SMARTS) is 1. The van der Waals surface area contributed by atoms with E-state index < -0.39 is 12.0 Å². The first kappa shape index (κ1) is 11.4. The molecular weight excluding hydrogens is 226 g/mol. The third kappa shape index (κ3) is 2.75. The molecule has 0 saturated carbocycles. The van der Waals surface area contributed by atoms with Gasteiger partial charge in [0, 0.05) is 5.75 Å². The minimum Gasteiger partial charge on any atom is -0.480 e. The van der Waals surface area contributed by atoms with Gasteiger partial charge in [-0.3, -0.25) is 9.63 Å². The number of carbonyl (C=O) groups is 1. The van der Waals surface area contributed by atoms with Gasteiger partial charge in [-0.1, -0.05) is 30.3 Å². The van der Waals surface area contributed by atoms with Crippen LogP contribution in [0.25, 0.3) is 0 Å². The van der Waals surface area contributed by atoms with E-state index in [0.717, 1.165) is 5.56 Å². The summed E-state index contributed by atoms with van der Waals surface area (Å²) in [5.41, 5.74) is 1.04. The lowest BCUT2D eigenvalue weighted by Crippen LogP contribution is -2.37. The minimum absolute atomic E-state index is 0.422. The Bertz CT molecular complexity index is 358. The van der Waals surface area contributed by atoms with Crippen LogP contribution in [-0.4, -0.2) is 33.8 Å². The lowest BCUT2D eigenvalue weighted by Gasteiger charge is -2.19. The summed E-state index contributed by atoms with van der Waals surface area (Å²) >= 11 is 1.57. The number of hydroxylamine groups is 2. The van der Waals surface area contributed by atoms with Gasteiger partial charge in [0.1, 0.15) is 6.04 Å². The largest absolute Gasteiger partial charge is 0.480 e. The average molecular weight is 239 g/mol. The van der Waals surface area contributed by atoms with E-state index in [4.69, 9.17) is 9.94 Å². The highest BCUT2D eigenvalue weighted by Gasteiger charge is 2.31. The van der Waals surface area contributed by atoms with E-state index in [1.165, 1.54) is 0 Å². The molecule has 0 aliphatic carbocycles. The van der Waals surface area contributed by atoms with Gasteiger partial charge in [0.2, 0.25) is 0 Å². The van der Waals surface area contributed by atoms with Gasteiger partial charge in [-0.15, -0.1) is 11.8 Å². The number of hydrogen-bond acceptors (Lipinski definition) is 4. The van der Waals surface area contributed by atoms with Crippen molar-refractivity contribution >= 4 is 17.7 Å². The van der Waals surface area contributed by atoms with Crippen molar-refractivity contribution in [1.82, 2.24) is 5.06 Å². The first-order valence-electron chi connectivity index (χ1n) is 5.01. The van der Waals surface area contributed by atoms with E-state index in [9.17, 15) is 4.79 Å². The molecule has 1 aromatic rings. The SMILES string of the molecule is O=C(O)[C@@H]1CSCN1OCc1ccccc1. The molecule has 86 valence electrons. The van der Waals surface area contributed by atoms with Gasteiger partial charge < -0.3 is 5.11 Å². The number of carboxylic acids is 1. The quantitative estimate of drug-likeness (QED) is 0.864. The molecule has 0 spiro atoms. The molecule has 1 saturated heterocycles. The van der Waals surface area contributed by atoms with Crippen molar-refractivity contribution in [2.75, 3.05) is 11.6 Å². The Morgan fingerprint density at radius 3 is 2.94 bits per heavy atom. The minimum atomic E-state index is -0.821. The van der Waals surface area contributed by atoms with E-state index >= 15 is 0 Å². The number of nitrogens with zero attached hydrogens (tertiary/aromatic N) is 1. The zero-order chi connectivity index (χ0) is 11.4. The van der Waals surface area contributed by atoms with Crippen molar-refractivity contribution in [3.05, 3.63) is 35.9 Å². The summed E-state index contributed by atoms with van der Waals surface area (Å²) in [7, 11) is 0. The number of rotatable bonds is 4. The summed E-state index contributed by atoms with van der Waals surface area (Å²) < 4.78 is 0. The molecule has 1 fully saturated rings. The van der Waals surface area contributed by atoms with Gasteiger partial charge in [0.05, 0.1) is 12.5 Å². The van der Waals surface area contributed by atoms with Gasteiger partial charge >= 0.3 is 5.97 Å². The highest BCUT2D eigenvalue weighted by molar-refractivity contribution is 7.99. The first-order valence-corrected chi connectivity index (χ1v) is 6.17. The predicted molar refractivity (Wildman–Crippen MR) is 61.8 cm³/mol. The molecule has 0 aromatic heterocycles. The topological polar surface area (TPSA) is 49.8 Å². The van der Waals surface area contributed by atoms with Crippen LogP contribution in [0.5, 0.6) is 0 Å². The van der Waals surface area contributed by atoms with E-state index in [1.54, 1.807) is 16.8 Å². The van der Waals surface area contributed by atoms with Crippen LogP contribution >= 0.6 is 11.8 Å². The van der Waals surface area contributed by atoms with Crippen molar-refractivity contribution in [2.24, 2.45) is 0 Å². The number of aliphatic carboxylic acids is 1. The fourth-order valence-corrected chi connectivity index (χ4v) is 2.55. The van der Waals surface area contributed by atoms with Crippen LogP contribution in [0, 0.1) is 0 Å². The third-order valence-electron chi connectivity index (χ3n) is 2.37. The van der Waals surface area contributed by atoms with Gasteiger partial charge in [0.25, 0.3) is 0 Å². The Kier molecular flexibility index (Phi) is 3.82. The third-order valence-corrected chi connectivity index (χ3v) is 3.36. The normalized spacial score (nSPS) is 21.1. The second-order valence-corrected chi connectivity index (χ2v) is 4.53. The van der Waals surface area contributed by atoms with Crippen LogP contribution in [0.15, 0.2) is 30.3 Å². The second-order valence-electron chi connectivity index (χ2n) is 3.53. The molecule has 1 atom stereocenters. The van der Waals surface area contributed by atoms with Gasteiger partial charge in [0.15, 0.2) is 0 Å². The van der Waals surface area contributed by atoms with E-state index in [2.05, 4.69) is 0 Å². The molecule has 2 rings (SSSR count). The number of hydrogen-bond donors (Lipinski definition) is 1. The fourth-order valence-electron chi connectivity index (χ4n) is 1.48. The molecule has 0 unspecified atom stereocenters. The maximum Gasteiger partial charge on any atom is 0.324 e. The number of thioether (sulfide) groups is 1. The fraction of sp³-hybridized carbons (Fsp3) is 0.364. The van der Waals surface area contributed by atoms with Gasteiger partial charge in [-0.25, -0.2) is 0 Å². The standard InChI is InChI=1S/C11H13NO3S/c13-11(14)10-7-16-8-12(10)15-6-9-4-2-1-3-5-9/h1-5,10H,6-8H2,(H,13,14)/t10-/m0/s1. The summed E-state index contributed by atoms with van der Waals surface area (Å²) in [4.78, 5) is 16.4. The van der Waals surface area contributed by atoms with Crippen LogP contribution in [0.3, 0.4) is 0 Å². The Morgan fingerprint density at radius 2 is 2.25 bits per heavy atom. The smallest absolute Gasteiger partial charge is 0.324 e. The Morgan fingerprint density at radius 1 is 1.50 bits per heavy atom.